The van der Waals surface area contributed by atoms with Crippen molar-refractivity contribution < 1.29 is 8.42 Å². The Kier molecular flexibility index (Phi) is 11.1. The molecule has 0 radical (unpaired) electrons. The van der Waals surface area contributed by atoms with E-state index >= 15 is 0 Å². The van der Waals surface area contributed by atoms with Crippen LogP contribution in [0, 0.1) is 0 Å². The van der Waals surface area contributed by atoms with Gasteiger partial charge in [-0.15, -0.1) is 24.0 Å². The van der Waals surface area contributed by atoms with Crippen LogP contribution in [-0.4, -0.2) is 45.0 Å². The highest BCUT2D eigenvalue weighted by molar-refractivity contribution is 14.0. The van der Waals surface area contributed by atoms with Crippen molar-refractivity contribution in [1.29, 1.82) is 0 Å². The zero-order chi connectivity index (χ0) is 20.4. The average molecular weight is 531 g/mol. The van der Waals surface area contributed by atoms with Crippen molar-refractivity contribution in [1.82, 2.24) is 20.3 Å². The Morgan fingerprint density at radius 2 is 1.86 bits per heavy atom. The van der Waals surface area contributed by atoms with E-state index < -0.39 is 10.0 Å². The molecule has 3 N–H and O–H groups in total. The molecule has 2 atom stereocenters. The monoisotopic (exact) mass is 531 g/mol. The van der Waals surface area contributed by atoms with Gasteiger partial charge in [0.15, 0.2) is 5.96 Å². The molecule has 0 aliphatic rings. The quantitative estimate of drug-likeness (QED) is 0.200. The first kappa shape index (κ1) is 25.3. The summed E-state index contributed by atoms with van der Waals surface area (Å²) >= 11 is 0. The van der Waals surface area contributed by atoms with Crippen LogP contribution >= 0.6 is 24.0 Å². The molecule has 0 saturated heterocycles. The van der Waals surface area contributed by atoms with Gasteiger partial charge in [-0.2, -0.15) is 0 Å². The maximum absolute atomic E-state index is 12.2. The lowest BCUT2D eigenvalue weighted by molar-refractivity contribution is 0.550. The standard InChI is InChI=1S/C20H29N5O2S.HI/c1-4-22-20(25-17(3)16(2)18-9-6-5-7-10-18)23-13-14-24-28(26,27)19-11-8-12-21-15-19;/h5-12,15-17,24H,4,13-14H2,1-3H3,(H2,22,23,25);1H. The Balaban J connectivity index is 0.00000420. The van der Waals surface area contributed by atoms with E-state index in [1.165, 1.54) is 24.0 Å². The molecule has 0 fully saturated rings. The molecule has 1 heterocycles. The predicted molar refractivity (Wildman–Crippen MR) is 128 cm³/mol. The second-order valence-corrected chi connectivity index (χ2v) is 8.25. The summed E-state index contributed by atoms with van der Waals surface area (Å²) in [6.45, 7) is 7.51. The SMILES string of the molecule is CCNC(=NCCNS(=O)(=O)c1cccnc1)NC(C)C(C)c1ccccc1.I. The van der Waals surface area contributed by atoms with Crippen LogP contribution in [0.5, 0.6) is 0 Å². The van der Waals surface area contributed by atoms with Crippen molar-refractivity contribution in [2.24, 2.45) is 4.99 Å². The van der Waals surface area contributed by atoms with Gasteiger partial charge in [0.05, 0.1) is 6.54 Å². The molecule has 1 aromatic carbocycles. The van der Waals surface area contributed by atoms with Gasteiger partial charge in [-0.3, -0.25) is 9.98 Å². The molecule has 0 bridgehead atoms. The lowest BCUT2D eigenvalue weighted by Crippen LogP contribution is -2.44. The minimum absolute atomic E-state index is 0. The van der Waals surface area contributed by atoms with Crippen molar-refractivity contribution in [2.45, 2.75) is 37.6 Å². The molecule has 0 aliphatic heterocycles. The van der Waals surface area contributed by atoms with E-state index in [2.05, 4.69) is 51.3 Å². The van der Waals surface area contributed by atoms with Crippen LogP contribution in [-0.2, 0) is 10.0 Å². The molecule has 1 aromatic heterocycles. The molecule has 0 aliphatic carbocycles. The smallest absolute Gasteiger partial charge is 0.242 e. The first-order valence-corrected chi connectivity index (χ1v) is 10.9. The van der Waals surface area contributed by atoms with Crippen LogP contribution in [0.25, 0.3) is 0 Å². The van der Waals surface area contributed by atoms with E-state index in [0.29, 0.717) is 18.4 Å². The van der Waals surface area contributed by atoms with Crippen LogP contribution in [0.4, 0.5) is 0 Å². The second kappa shape index (κ2) is 12.8. The highest BCUT2D eigenvalue weighted by Gasteiger charge is 2.16. The molecule has 0 amide bonds. The third kappa shape index (κ3) is 8.27. The Bertz CT molecular complexity index is 848. The van der Waals surface area contributed by atoms with Crippen molar-refractivity contribution >= 4 is 40.0 Å². The van der Waals surface area contributed by atoms with Crippen molar-refractivity contribution in [3.05, 3.63) is 60.4 Å². The lowest BCUT2D eigenvalue weighted by atomic mass is 9.94. The number of aliphatic imine (C=N–C) groups is 1. The summed E-state index contributed by atoms with van der Waals surface area (Å²) in [6.07, 6.45) is 2.86. The second-order valence-electron chi connectivity index (χ2n) is 6.48. The Morgan fingerprint density at radius 3 is 2.48 bits per heavy atom. The molecule has 2 unspecified atom stereocenters. The summed E-state index contributed by atoms with van der Waals surface area (Å²) in [5, 5.41) is 6.60. The number of aromatic nitrogens is 1. The number of nitrogens with zero attached hydrogens (tertiary/aromatic N) is 2. The number of rotatable bonds is 9. The molecule has 0 saturated carbocycles. The number of sulfonamides is 1. The van der Waals surface area contributed by atoms with Gasteiger partial charge in [0.1, 0.15) is 4.90 Å². The number of halogens is 1. The molecule has 160 valence electrons. The summed E-state index contributed by atoms with van der Waals surface area (Å²) < 4.78 is 26.9. The van der Waals surface area contributed by atoms with Crippen LogP contribution < -0.4 is 15.4 Å². The van der Waals surface area contributed by atoms with Gasteiger partial charge < -0.3 is 10.6 Å². The molecular weight excluding hydrogens is 501 g/mol. The van der Waals surface area contributed by atoms with Gasteiger partial charge in [-0.05, 0) is 31.5 Å². The Hall–Kier alpha value is -1.72. The van der Waals surface area contributed by atoms with Crippen molar-refractivity contribution in [3.63, 3.8) is 0 Å². The molecule has 0 spiro atoms. The number of hydrogen-bond donors (Lipinski definition) is 3. The number of nitrogens with one attached hydrogen (secondary N) is 3. The minimum atomic E-state index is -3.57. The van der Waals surface area contributed by atoms with Gasteiger partial charge in [-0.25, -0.2) is 13.1 Å². The van der Waals surface area contributed by atoms with E-state index in [1.807, 2.05) is 25.1 Å². The number of hydrogen-bond acceptors (Lipinski definition) is 4. The van der Waals surface area contributed by atoms with E-state index in [-0.39, 0.29) is 41.5 Å². The van der Waals surface area contributed by atoms with Gasteiger partial charge in [0.2, 0.25) is 10.0 Å². The topological polar surface area (TPSA) is 95.5 Å². The highest BCUT2D eigenvalue weighted by atomic mass is 127. The molecular formula is C20H30IN5O2S. The lowest BCUT2D eigenvalue weighted by Gasteiger charge is -2.24. The van der Waals surface area contributed by atoms with Crippen molar-refractivity contribution in [2.75, 3.05) is 19.6 Å². The van der Waals surface area contributed by atoms with Crippen LogP contribution in [0.15, 0.2) is 64.7 Å². The highest BCUT2D eigenvalue weighted by Crippen LogP contribution is 2.18. The largest absolute Gasteiger partial charge is 0.357 e. The summed E-state index contributed by atoms with van der Waals surface area (Å²) in [5.41, 5.74) is 1.25. The average Bonchev–Trinajstić information content (AvgIpc) is 2.72. The van der Waals surface area contributed by atoms with E-state index in [4.69, 9.17) is 0 Å². The van der Waals surface area contributed by atoms with E-state index in [0.717, 1.165) is 6.54 Å². The fraction of sp³-hybridized carbons (Fsp3) is 0.400. The summed E-state index contributed by atoms with van der Waals surface area (Å²) in [4.78, 5) is 8.46. The fourth-order valence-corrected chi connectivity index (χ4v) is 3.63. The molecule has 9 heteroatoms. The molecule has 2 rings (SSSR count). The Morgan fingerprint density at radius 1 is 1.14 bits per heavy atom. The predicted octanol–water partition coefficient (Wildman–Crippen LogP) is 2.73. The number of guanidine groups is 1. The zero-order valence-corrected chi connectivity index (χ0v) is 20.1. The van der Waals surface area contributed by atoms with Crippen molar-refractivity contribution in [3.8, 4) is 0 Å². The van der Waals surface area contributed by atoms with Crippen LogP contribution in [0.1, 0.15) is 32.3 Å². The number of pyridine rings is 1. The molecule has 29 heavy (non-hydrogen) atoms. The third-order valence-corrected chi connectivity index (χ3v) is 5.85. The molecule has 7 nitrogen and oxygen atoms in total. The Labute approximate surface area is 190 Å². The van der Waals surface area contributed by atoms with Gasteiger partial charge in [0.25, 0.3) is 0 Å². The summed E-state index contributed by atoms with van der Waals surface area (Å²) in [7, 11) is -3.57. The molecule has 2 aromatic rings. The normalized spacial score (nSPS) is 13.8. The van der Waals surface area contributed by atoms with E-state index in [1.54, 1.807) is 6.07 Å². The number of benzene rings is 1. The summed E-state index contributed by atoms with van der Waals surface area (Å²) in [5.74, 6) is 0.965. The maximum atomic E-state index is 12.2. The maximum Gasteiger partial charge on any atom is 0.242 e. The first-order chi connectivity index (χ1) is 13.4. The third-order valence-electron chi connectivity index (χ3n) is 4.40. The summed E-state index contributed by atoms with van der Waals surface area (Å²) in [6, 6.07) is 13.6. The minimum Gasteiger partial charge on any atom is -0.357 e. The zero-order valence-electron chi connectivity index (χ0n) is 17.0. The van der Waals surface area contributed by atoms with E-state index in [9.17, 15) is 8.42 Å². The first-order valence-electron chi connectivity index (χ1n) is 9.43. The van der Waals surface area contributed by atoms with Gasteiger partial charge in [0, 0.05) is 37.4 Å². The van der Waals surface area contributed by atoms with Gasteiger partial charge in [-0.1, -0.05) is 37.3 Å². The van der Waals surface area contributed by atoms with Crippen LogP contribution in [0.2, 0.25) is 0 Å². The van der Waals surface area contributed by atoms with Gasteiger partial charge >= 0.3 is 0 Å². The fourth-order valence-electron chi connectivity index (χ4n) is 2.64. The van der Waals surface area contributed by atoms with Crippen LogP contribution in [0.3, 0.4) is 0 Å².